The first-order valence-electron chi connectivity index (χ1n) is 11.1. The number of hydrogen-bond donors (Lipinski definition) is 4. The topological polar surface area (TPSA) is 146 Å². The summed E-state index contributed by atoms with van der Waals surface area (Å²) in [5.74, 6) is 0.416. The molecule has 1 heterocycles. The quantitative estimate of drug-likeness (QED) is 0.142. The van der Waals surface area contributed by atoms with Crippen LogP contribution in [0.4, 0.5) is 11.4 Å². The lowest BCUT2D eigenvalue weighted by atomic mass is 10.2. The maximum atomic E-state index is 12.8. The normalized spacial score (nSPS) is 15.4. The van der Waals surface area contributed by atoms with Crippen LogP contribution in [-0.4, -0.2) is 60.4 Å². The monoisotopic (exact) mass is 552 g/mol. The Morgan fingerprint density at radius 2 is 2.00 bits per heavy atom. The predicted molar refractivity (Wildman–Crippen MR) is 144 cm³/mol. The second-order valence-electron chi connectivity index (χ2n) is 7.94. The van der Waals surface area contributed by atoms with Gasteiger partial charge in [-0.15, -0.1) is 0 Å². The Morgan fingerprint density at radius 1 is 1.25 bits per heavy atom. The van der Waals surface area contributed by atoms with Gasteiger partial charge >= 0.3 is 0 Å². The van der Waals surface area contributed by atoms with Gasteiger partial charge in [0.2, 0.25) is 15.9 Å². The van der Waals surface area contributed by atoms with Crippen molar-refractivity contribution in [3.63, 3.8) is 0 Å². The molecule has 1 fully saturated rings. The number of hydrogen-bond acceptors (Lipinski definition) is 8. The molecule has 0 bridgehead atoms. The van der Waals surface area contributed by atoms with Crippen LogP contribution in [0.2, 0.25) is 0 Å². The van der Waals surface area contributed by atoms with Crippen molar-refractivity contribution >= 4 is 56.4 Å². The minimum atomic E-state index is -3.89. The summed E-state index contributed by atoms with van der Waals surface area (Å²) in [6.45, 7) is 1.16. The molecule has 194 valence electrons. The molecule has 36 heavy (non-hydrogen) atoms. The number of benzene rings is 2. The lowest BCUT2D eigenvalue weighted by molar-refractivity contribution is -0.384. The van der Waals surface area contributed by atoms with Gasteiger partial charge in [-0.25, -0.2) is 13.1 Å². The molecule has 1 amide bonds. The largest absolute Gasteiger partial charge is 0.350 e. The molecule has 0 radical (unpaired) electrons. The average molecular weight is 553 g/mol. The van der Waals surface area contributed by atoms with Crippen molar-refractivity contribution in [2.24, 2.45) is 0 Å². The third-order valence-electron chi connectivity index (χ3n) is 5.50. The number of carbonyl (C=O) groups excluding carboxylic acids is 1. The summed E-state index contributed by atoms with van der Waals surface area (Å²) in [6, 6.07) is 12.6. The number of nitro groups is 1. The Balaban J connectivity index is 1.63. The molecule has 0 spiro atoms. The molecule has 0 saturated carbocycles. The Kier molecular flexibility index (Phi) is 9.87. The third-order valence-corrected chi connectivity index (χ3v) is 7.91. The van der Waals surface area contributed by atoms with Crippen LogP contribution in [0, 0.1) is 10.1 Å². The number of nitro benzene ring substituents is 1. The number of carbonyl (C=O) groups is 1. The van der Waals surface area contributed by atoms with E-state index < -0.39 is 26.7 Å². The van der Waals surface area contributed by atoms with Crippen LogP contribution >= 0.6 is 24.0 Å². The Morgan fingerprint density at radius 3 is 2.69 bits per heavy atom. The van der Waals surface area contributed by atoms with Crippen molar-refractivity contribution in [3.8, 4) is 0 Å². The number of amides is 1. The molecule has 3 rings (SSSR count). The molecule has 14 heteroatoms. The third kappa shape index (κ3) is 7.29. The second-order valence-corrected chi connectivity index (χ2v) is 11.1. The number of rotatable bonds is 11. The van der Waals surface area contributed by atoms with E-state index in [4.69, 9.17) is 12.2 Å². The SMILES string of the molecule is CSCCNS(=O)(=O)c1ccc(NNC(=S)N2CCC[C@@H]2C(=O)NCc2ccccc2)c([N+](=O)[O-])c1. The van der Waals surface area contributed by atoms with Crippen LogP contribution in [-0.2, 0) is 21.4 Å². The van der Waals surface area contributed by atoms with Crippen molar-refractivity contribution in [1.82, 2.24) is 20.4 Å². The molecule has 1 atom stereocenters. The smallest absolute Gasteiger partial charge is 0.295 e. The van der Waals surface area contributed by atoms with Crippen LogP contribution in [0.25, 0.3) is 0 Å². The highest BCUT2D eigenvalue weighted by molar-refractivity contribution is 7.98. The van der Waals surface area contributed by atoms with E-state index in [1.165, 1.54) is 23.9 Å². The molecule has 0 aliphatic carbocycles. The van der Waals surface area contributed by atoms with Gasteiger partial charge in [0.05, 0.1) is 9.82 Å². The van der Waals surface area contributed by atoms with Crippen LogP contribution in [0.3, 0.4) is 0 Å². The molecule has 2 aromatic carbocycles. The van der Waals surface area contributed by atoms with E-state index in [0.717, 1.165) is 18.1 Å². The first-order chi connectivity index (χ1) is 17.2. The molecule has 1 aliphatic heterocycles. The van der Waals surface area contributed by atoms with E-state index in [2.05, 4.69) is 20.9 Å². The lowest BCUT2D eigenvalue weighted by Gasteiger charge is -2.27. The van der Waals surface area contributed by atoms with Gasteiger partial charge < -0.3 is 10.2 Å². The number of sulfonamides is 1. The summed E-state index contributed by atoms with van der Waals surface area (Å²) in [6.07, 6.45) is 3.23. The molecule has 4 N–H and O–H groups in total. The van der Waals surface area contributed by atoms with E-state index in [1.54, 1.807) is 4.90 Å². The van der Waals surface area contributed by atoms with E-state index in [0.29, 0.717) is 25.3 Å². The predicted octanol–water partition coefficient (Wildman–Crippen LogP) is 2.22. The lowest BCUT2D eigenvalue weighted by Crippen LogP contribution is -2.50. The number of thioether (sulfide) groups is 1. The Hall–Kier alpha value is -2.94. The van der Waals surface area contributed by atoms with Crippen molar-refractivity contribution in [3.05, 3.63) is 64.2 Å². The molecule has 2 aromatic rings. The minimum Gasteiger partial charge on any atom is -0.350 e. The molecule has 11 nitrogen and oxygen atoms in total. The Labute approximate surface area is 219 Å². The number of thiocarbonyl (C=S) groups is 1. The van der Waals surface area contributed by atoms with Gasteiger partial charge in [-0.2, -0.15) is 11.8 Å². The summed E-state index contributed by atoms with van der Waals surface area (Å²) >= 11 is 6.91. The molecule has 1 aliphatic rings. The number of nitrogens with zero attached hydrogens (tertiary/aromatic N) is 2. The van der Waals surface area contributed by atoms with Crippen molar-refractivity contribution < 1.29 is 18.1 Å². The van der Waals surface area contributed by atoms with Crippen LogP contribution < -0.4 is 20.9 Å². The van der Waals surface area contributed by atoms with Crippen LogP contribution in [0.5, 0.6) is 0 Å². The van der Waals surface area contributed by atoms with Crippen molar-refractivity contribution in [2.45, 2.75) is 30.3 Å². The highest BCUT2D eigenvalue weighted by atomic mass is 32.2. The number of likely N-dealkylation sites (tertiary alicyclic amines) is 1. The van der Waals surface area contributed by atoms with Crippen LogP contribution in [0.15, 0.2) is 53.4 Å². The van der Waals surface area contributed by atoms with Gasteiger partial charge in [0, 0.05) is 31.5 Å². The van der Waals surface area contributed by atoms with E-state index in [-0.39, 0.29) is 28.1 Å². The fraction of sp³-hybridized carbons (Fsp3) is 0.364. The molecular weight excluding hydrogens is 524 g/mol. The molecule has 0 aromatic heterocycles. The first kappa shape index (κ1) is 27.6. The maximum absolute atomic E-state index is 12.8. The van der Waals surface area contributed by atoms with Crippen molar-refractivity contribution in [1.29, 1.82) is 0 Å². The molecule has 0 unspecified atom stereocenters. The maximum Gasteiger partial charge on any atom is 0.295 e. The molecular formula is C22H28N6O5S3. The summed E-state index contributed by atoms with van der Waals surface area (Å²) in [5, 5.41) is 14.7. The number of hydrazine groups is 1. The minimum absolute atomic E-state index is 0.0367. The van der Waals surface area contributed by atoms with Crippen LogP contribution in [0.1, 0.15) is 18.4 Å². The zero-order chi connectivity index (χ0) is 26.1. The average Bonchev–Trinajstić information content (AvgIpc) is 3.36. The van der Waals surface area contributed by atoms with Gasteiger partial charge in [-0.3, -0.25) is 25.8 Å². The summed E-state index contributed by atoms with van der Waals surface area (Å²) in [7, 11) is -3.89. The summed E-state index contributed by atoms with van der Waals surface area (Å²) in [4.78, 5) is 25.2. The standard InChI is InChI=1S/C22H28N6O5S3/c1-35-13-11-24-36(32,33)17-9-10-18(20(14-17)28(30)31)25-26-22(34)27-12-5-8-19(27)21(29)23-15-16-6-3-2-4-7-16/h2-4,6-7,9-10,14,19,24-25H,5,8,11-13,15H2,1H3,(H,23,29)(H,26,34)/t19-/m1/s1. The fourth-order valence-corrected chi connectivity index (χ4v) is 5.43. The highest BCUT2D eigenvalue weighted by Gasteiger charge is 2.32. The second kappa shape index (κ2) is 12.9. The summed E-state index contributed by atoms with van der Waals surface area (Å²) in [5.41, 5.74) is 6.03. The first-order valence-corrected chi connectivity index (χ1v) is 14.4. The highest BCUT2D eigenvalue weighted by Crippen LogP contribution is 2.27. The van der Waals surface area contributed by atoms with E-state index in [1.807, 2.05) is 36.6 Å². The number of nitrogens with one attached hydrogen (secondary N) is 4. The number of anilines is 1. The fourth-order valence-electron chi connectivity index (χ4n) is 3.67. The molecule has 1 saturated heterocycles. The zero-order valence-corrected chi connectivity index (χ0v) is 22.0. The van der Waals surface area contributed by atoms with Gasteiger partial charge in [0.15, 0.2) is 5.11 Å². The Bertz CT molecular complexity index is 1200. The van der Waals surface area contributed by atoms with Crippen molar-refractivity contribution in [2.75, 3.05) is 30.5 Å². The van der Waals surface area contributed by atoms with Gasteiger partial charge in [0.25, 0.3) is 5.69 Å². The zero-order valence-electron chi connectivity index (χ0n) is 19.6. The van der Waals surface area contributed by atoms with E-state index in [9.17, 15) is 23.3 Å². The van der Waals surface area contributed by atoms with Gasteiger partial charge in [0.1, 0.15) is 11.7 Å². The summed E-state index contributed by atoms with van der Waals surface area (Å²) < 4.78 is 27.3. The van der Waals surface area contributed by atoms with E-state index >= 15 is 0 Å². The van der Waals surface area contributed by atoms with Gasteiger partial charge in [-0.1, -0.05) is 30.3 Å². The van der Waals surface area contributed by atoms with Gasteiger partial charge in [-0.05, 0) is 49.0 Å².